The van der Waals surface area contributed by atoms with Crippen LogP contribution in [0.1, 0.15) is 22.3 Å². The van der Waals surface area contributed by atoms with E-state index in [1.54, 1.807) is 0 Å². The van der Waals surface area contributed by atoms with Crippen molar-refractivity contribution in [1.82, 2.24) is 19.9 Å². The summed E-state index contributed by atoms with van der Waals surface area (Å²) < 4.78 is 0. The van der Waals surface area contributed by atoms with E-state index in [2.05, 4.69) is 43.9 Å². The first-order valence-corrected chi connectivity index (χ1v) is 8.97. The highest BCUT2D eigenvalue weighted by Gasteiger charge is 2.20. The zero-order valence-electron chi connectivity index (χ0n) is 16.3. The van der Waals surface area contributed by atoms with Gasteiger partial charge in [0.15, 0.2) is 0 Å². The van der Waals surface area contributed by atoms with Crippen LogP contribution in [0.15, 0.2) is 61.3 Å². The molecule has 5 nitrogen and oxygen atoms in total. The van der Waals surface area contributed by atoms with Crippen molar-refractivity contribution in [2.24, 2.45) is 0 Å². The fourth-order valence-electron chi connectivity index (χ4n) is 3.59. The second kappa shape index (κ2) is 11.9. The molecule has 4 rings (SSSR count). The van der Waals surface area contributed by atoms with E-state index in [4.69, 9.17) is 0 Å². The van der Waals surface area contributed by atoms with Crippen molar-refractivity contribution in [3.63, 3.8) is 0 Å². The van der Waals surface area contributed by atoms with Gasteiger partial charge in [0.1, 0.15) is 5.82 Å². The summed E-state index contributed by atoms with van der Waals surface area (Å²) in [5.41, 5.74) is 5.32. The Morgan fingerprint density at radius 1 is 0.931 bits per heavy atom. The molecule has 156 valence electrons. The Bertz CT molecular complexity index is 865. The number of anilines is 1. The van der Waals surface area contributed by atoms with Crippen LogP contribution in [-0.2, 0) is 26.1 Å². The molecule has 0 N–H and O–H groups in total. The van der Waals surface area contributed by atoms with Crippen molar-refractivity contribution >= 4 is 43.0 Å². The Morgan fingerprint density at radius 3 is 2.52 bits per heavy atom. The third kappa shape index (κ3) is 6.28. The van der Waals surface area contributed by atoms with Crippen molar-refractivity contribution in [3.8, 4) is 0 Å². The van der Waals surface area contributed by atoms with Gasteiger partial charge in [0.2, 0.25) is 0 Å². The number of nitrogens with zero attached hydrogens (tertiary/aromatic N) is 5. The average molecular weight is 455 g/mol. The highest BCUT2D eigenvalue weighted by molar-refractivity contribution is 5.86. The van der Waals surface area contributed by atoms with E-state index in [1.807, 2.05) is 49.2 Å². The lowest BCUT2D eigenvalue weighted by Gasteiger charge is -2.31. The van der Waals surface area contributed by atoms with Gasteiger partial charge in [-0.3, -0.25) is 14.9 Å². The molecule has 3 aromatic heterocycles. The summed E-state index contributed by atoms with van der Waals surface area (Å²) in [5.74, 6) is 1.04. The Labute approximate surface area is 190 Å². The first-order chi connectivity index (χ1) is 12.8. The van der Waals surface area contributed by atoms with Gasteiger partial charge in [-0.2, -0.15) is 0 Å². The summed E-state index contributed by atoms with van der Waals surface area (Å²) in [6, 6.07) is 10.2. The molecule has 0 saturated heterocycles. The first-order valence-electron chi connectivity index (χ1n) is 8.97. The lowest BCUT2D eigenvalue weighted by atomic mass is 9.96. The van der Waals surface area contributed by atoms with Gasteiger partial charge in [-0.1, -0.05) is 12.1 Å². The Kier molecular flexibility index (Phi) is 10.3. The number of hydrogen-bond acceptors (Lipinski definition) is 5. The first kappa shape index (κ1) is 25.1. The maximum atomic E-state index is 4.50. The maximum Gasteiger partial charge on any atom is 0.128 e. The van der Waals surface area contributed by atoms with Crippen LogP contribution in [-0.4, -0.2) is 33.4 Å². The van der Waals surface area contributed by atoms with Gasteiger partial charge in [0.05, 0.1) is 0 Å². The molecule has 1 aliphatic rings. The van der Waals surface area contributed by atoms with E-state index in [9.17, 15) is 0 Å². The number of aromatic nitrogens is 3. The SMILES string of the molecule is CN(Cc1cccnc1)Cc1cncc2c1CCN(c1ccccn1)C2.Cl.Cl.Cl. The van der Waals surface area contributed by atoms with Crippen LogP contribution in [0.2, 0.25) is 0 Å². The number of fused-ring (bicyclic) bond motifs is 1. The molecule has 0 amide bonds. The van der Waals surface area contributed by atoms with Crippen molar-refractivity contribution in [1.29, 1.82) is 0 Å². The van der Waals surface area contributed by atoms with Gasteiger partial charge in [0.25, 0.3) is 0 Å². The van der Waals surface area contributed by atoms with Crippen molar-refractivity contribution < 1.29 is 0 Å². The molecule has 0 fully saturated rings. The second-order valence-electron chi connectivity index (χ2n) is 6.83. The summed E-state index contributed by atoms with van der Waals surface area (Å²) in [4.78, 5) is 17.8. The summed E-state index contributed by atoms with van der Waals surface area (Å²) in [7, 11) is 2.15. The number of rotatable bonds is 5. The molecule has 0 saturated carbocycles. The zero-order valence-corrected chi connectivity index (χ0v) is 18.7. The summed E-state index contributed by atoms with van der Waals surface area (Å²) in [6.45, 7) is 3.65. The molecule has 8 heteroatoms. The topological polar surface area (TPSA) is 45.2 Å². The Balaban J connectivity index is 0.00000140. The molecule has 0 unspecified atom stereocenters. The molecule has 0 atom stereocenters. The Hall–Kier alpha value is -1.92. The summed E-state index contributed by atoms with van der Waals surface area (Å²) in [6.07, 6.45) is 10.7. The molecule has 0 radical (unpaired) electrons. The van der Waals surface area contributed by atoms with E-state index < -0.39 is 0 Å². The zero-order chi connectivity index (χ0) is 17.8. The van der Waals surface area contributed by atoms with Gasteiger partial charge in [-0.25, -0.2) is 4.98 Å². The molecule has 0 aliphatic carbocycles. The fourth-order valence-corrected chi connectivity index (χ4v) is 3.59. The van der Waals surface area contributed by atoms with Crippen LogP contribution in [0.3, 0.4) is 0 Å². The molecule has 3 aromatic rings. The van der Waals surface area contributed by atoms with Crippen LogP contribution in [0.5, 0.6) is 0 Å². The minimum atomic E-state index is 0. The molecule has 4 heterocycles. The molecular weight excluding hydrogens is 429 g/mol. The predicted molar refractivity (Wildman–Crippen MR) is 124 cm³/mol. The highest BCUT2D eigenvalue weighted by Crippen LogP contribution is 2.25. The lowest BCUT2D eigenvalue weighted by molar-refractivity contribution is 0.317. The fraction of sp³-hybridized carbons (Fsp3) is 0.286. The minimum absolute atomic E-state index is 0. The minimum Gasteiger partial charge on any atom is -0.352 e. The second-order valence-corrected chi connectivity index (χ2v) is 6.83. The molecule has 0 aromatic carbocycles. The van der Waals surface area contributed by atoms with Crippen LogP contribution in [0.4, 0.5) is 5.82 Å². The number of halogens is 3. The van der Waals surface area contributed by atoms with E-state index in [0.29, 0.717) is 0 Å². The van der Waals surface area contributed by atoms with Gasteiger partial charge in [-0.05, 0) is 53.9 Å². The molecule has 1 aliphatic heterocycles. The summed E-state index contributed by atoms with van der Waals surface area (Å²) in [5, 5.41) is 0. The van der Waals surface area contributed by atoms with Crippen LogP contribution in [0.25, 0.3) is 0 Å². The van der Waals surface area contributed by atoms with Crippen LogP contribution < -0.4 is 4.90 Å². The van der Waals surface area contributed by atoms with Gasteiger partial charge < -0.3 is 4.90 Å². The third-order valence-electron chi connectivity index (χ3n) is 4.82. The van der Waals surface area contributed by atoms with E-state index in [1.165, 1.54) is 22.3 Å². The maximum absolute atomic E-state index is 4.50. The molecule has 29 heavy (non-hydrogen) atoms. The average Bonchev–Trinajstić information content (AvgIpc) is 2.69. The van der Waals surface area contributed by atoms with Crippen LogP contribution in [0, 0.1) is 0 Å². The quantitative estimate of drug-likeness (QED) is 0.574. The van der Waals surface area contributed by atoms with Gasteiger partial charge in [0, 0.05) is 57.2 Å². The third-order valence-corrected chi connectivity index (χ3v) is 4.82. The predicted octanol–water partition coefficient (Wildman–Crippen LogP) is 4.33. The van der Waals surface area contributed by atoms with Crippen molar-refractivity contribution in [2.45, 2.75) is 26.1 Å². The van der Waals surface area contributed by atoms with E-state index in [0.717, 1.165) is 38.4 Å². The molecule has 0 bridgehead atoms. The van der Waals surface area contributed by atoms with Gasteiger partial charge >= 0.3 is 0 Å². The molecular formula is C21H26Cl3N5. The van der Waals surface area contributed by atoms with Crippen LogP contribution >= 0.6 is 37.2 Å². The summed E-state index contributed by atoms with van der Waals surface area (Å²) >= 11 is 0. The number of hydrogen-bond donors (Lipinski definition) is 0. The largest absolute Gasteiger partial charge is 0.352 e. The monoisotopic (exact) mass is 453 g/mol. The van der Waals surface area contributed by atoms with E-state index >= 15 is 0 Å². The van der Waals surface area contributed by atoms with Crippen molar-refractivity contribution in [2.75, 3.05) is 18.5 Å². The van der Waals surface area contributed by atoms with Gasteiger partial charge in [-0.15, -0.1) is 37.2 Å². The highest BCUT2D eigenvalue weighted by atomic mass is 35.5. The van der Waals surface area contributed by atoms with E-state index in [-0.39, 0.29) is 37.2 Å². The standard InChI is InChI=1S/C21H23N5.3ClH/c1-25(14-17-5-4-8-22-11-17)15-18-12-23-13-19-16-26(10-7-20(18)19)21-6-2-3-9-24-21;;;/h2-6,8-9,11-13H,7,10,14-16H2,1H3;3*1H. The number of pyridine rings is 3. The smallest absolute Gasteiger partial charge is 0.128 e. The lowest BCUT2D eigenvalue weighted by Crippen LogP contribution is -2.32. The normalized spacial score (nSPS) is 12.3. The van der Waals surface area contributed by atoms with Crippen molar-refractivity contribution in [3.05, 3.63) is 83.6 Å². The Morgan fingerprint density at radius 2 is 1.79 bits per heavy atom. The molecule has 0 spiro atoms.